The van der Waals surface area contributed by atoms with Crippen LogP contribution in [0.15, 0.2) is 67.0 Å². The van der Waals surface area contributed by atoms with Crippen molar-refractivity contribution in [2.45, 2.75) is 0 Å². The van der Waals surface area contributed by atoms with Crippen LogP contribution in [0.5, 0.6) is 17.4 Å². The van der Waals surface area contributed by atoms with Crippen molar-refractivity contribution in [3.8, 4) is 17.4 Å². The first-order valence-electron chi connectivity index (χ1n) is 9.01. The largest absolute Gasteiger partial charge is 0.493 e. The van der Waals surface area contributed by atoms with Crippen molar-refractivity contribution in [1.82, 2.24) is 9.97 Å². The van der Waals surface area contributed by atoms with E-state index in [0.29, 0.717) is 17.4 Å². The van der Waals surface area contributed by atoms with Crippen LogP contribution in [0.1, 0.15) is 0 Å². The Morgan fingerprint density at radius 1 is 0.778 bits per heavy atom. The van der Waals surface area contributed by atoms with E-state index in [1.807, 2.05) is 36.4 Å². The van der Waals surface area contributed by atoms with E-state index >= 15 is 0 Å². The number of benzene rings is 2. The maximum atomic E-state index is 5.91. The number of ether oxygens (including phenoxy) is 2. The van der Waals surface area contributed by atoms with Crippen LogP contribution in [0.3, 0.4) is 0 Å². The third-order valence-electron chi connectivity index (χ3n) is 4.64. The molecular formula is C21H22N4O2. The summed E-state index contributed by atoms with van der Waals surface area (Å²) in [6.45, 7) is 3.72. The smallest absolute Gasteiger partial charge is 0.224 e. The van der Waals surface area contributed by atoms with Crippen LogP contribution in [-0.4, -0.2) is 43.3 Å². The molecule has 1 aliphatic rings. The molecular weight excluding hydrogens is 340 g/mol. The second-order valence-corrected chi connectivity index (χ2v) is 6.28. The van der Waals surface area contributed by atoms with Crippen molar-refractivity contribution in [3.05, 3.63) is 67.0 Å². The maximum absolute atomic E-state index is 5.91. The van der Waals surface area contributed by atoms with Crippen LogP contribution >= 0.6 is 0 Å². The lowest BCUT2D eigenvalue weighted by atomic mass is 10.2. The van der Waals surface area contributed by atoms with E-state index in [9.17, 15) is 0 Å². The van der Waals surface area contributed by atoms with Gasteiger partial charge in [0.2, 0.25) is 5.88 Å². The first-order valence-corrected chi connectivity index (χ1v) is 9.01. The first-order chi connectivity index (χ1) is 13.3. The average Bonchev–Trinajstić information content (AvgIpc) is 2.75. The molecule has 138 valence electrons. The van der Waals surface area contributed by atoms with Gasteiger partial charge in [-0.25, -0.2) is 9.97 Å². The van der Waals surface area contributed by atoms with Crippen molar-refractivity contribution in [2.75, 3.05) is 43.1 Å². The quantitative estimate of drug-likeness (QED) is 0.691. The fourth-order valence-electron chi connectivity index (χ4n) is 3.21. The fourth-order valence-corrected chi connectivity index (χ4v) is 3.21. The monoisotopic (exact) mass is 362 g/mol. The second-order valence-electron chi connectivity index (χ2n) is 6.28. The summed E-state index contributed by atoms with van der Waals surface area (Å²) in [7, 11) is 1.62. The van der Waals surface area contributed by atoms with Gasteiger partial charge in [-0.05, 0) is 24.3 Å². The Balaban J connectivity index is 1.44. The molecule has 2 heterocycles. The van der Waals surface area contributed by atoms with Crippen molar-refractivity contribution >= 4 is 11.5 Å². The zero-order valence-corrected chi connectivity index (χ0v) is 15.3. The van der Waals surface area contributed by atoms with E-state index < -0.39 is 0 Å². The number of nitrogens with zero attached hydrogens (tertiary/aromatic N) is 4. The Hall–Kier alpha value is -3.28. The Labute approximate surface area is 159 Å². The Morgan fingerprint density at radius 3 is 2.19 bits per heavy atom. The fraction of sp³-hybridized carbons (Fsp3) is 0.238. The summed E-state index contributed by atoms with van der Waals surface area (Å²) >= 11 is 0. The minimum atomic E-state index is 0.509. The van der Waals surface area contributed by atoms with Crippen LogP contribution in [0.4, 0.5) is 11.5 Å². The van der Waals surface area contributed by atoms with Crippen molar-refractivity contribution < 1.29 is 9.47 Å². The van der Waals surface area contributed by atoms with Gasteiger partial charge in [-0.15, -0.1) is 0 Å². The number of methoxy groups -OCH3 is 1. The van der Waals surface area contributed by atoms with Gasteiger partial charge in [-0.1, -0.05) is 30.3 Å². The summed E-state index contributed by atoms with van der Waals surface area (Å²) in [6, 6.07) is 19.9. The molecule has 6 heteroatoms. The molecule has 4 rings (SSSR count). The maximum Gasteiger partial charge on any atom is 0.224 e. The van der Waals surface area contributed by atoms with Gasteiger partial charge >= 0.3 is 0 Å². The highest BCUT2D eigenvalue weighted by molar-refractivity contribution is 5.50. The van der Waals surface area contributed by atoms with Gasteiger partial charge in [-0.2, -0.15) is 0 Å². The molecule has 3 aromatic rings. The molecule has 2 aromatic carbocycles. The van der Waals surface area contributed by atoms with E-state index in [2.05, 4.69) is 44.0 Å². The van der Waals surface area contributed by atoms with E-state index in [-0.39, 0.29) is 0 Å². The first kappa shape index (κ1) is 17.1. The van der Waals surface area contributed by atoms with Crippen LogP contribution in [-0.2, 0) is 0 Å². The molecule has 0 bridgehead atoms. The third kappa shape index (κ3) is 3.95. The highest BCUT2D eigenvalue weighted by Crippen LogP contribution is 2.31. The highest BCUT2D eigenvalue weighted by Gasteiger charge is 2.19. The third-order valence-corrected chi connectivity index (χ3v) is 4.64. The number of rotatable bonds is 5. The number of aromatic nitrogens is 2. The van der Waals surface area contributed by atoms with Crippen molar-refractivity contribution in [1.29, 1.82) is 0 Å². The average molecular weight is 362 g/mol. The molecule has 0 aliphatic carbocycles. The van der Waals surface area contributed by atoms with Crippen molar-refractivity contribution in [3.63, 3.8) is 0 Å². The highest BCUT2D eigenvalue weighted by atomic mass is 16.5. The number of anilines is 2. The molecule has 6 nitrogen and oxygen atoms in total. The van der Waals surface area contributed by atoms with Crippen molar-refractivity contribution in [2.24, 2.45) is 0 Å². The summed E-state index contributed by atoms with van der Waals surface area (Å²) in [5, 5.41) is 0. The summed E-state index contributed by atoms with van der Waals surface area (Å²) in [4.78, 5) is 13.3. The van der Waals surface area contributed by atoms with Gasteiger partial charge in [0, 0.05) is 37.9 Å². The molecule has 0 unspecified atom stereocenters. The van der Waals surface area contributed by atoms with Gasteiger partial charge in [0.15, 0.2) is 11.5 Å². The molecule has 1 aromatic heterocycles. The summed E-state index contributed by atoms with van der Waals surface area (Å²) in [6.07, 6.45) is 1.55. The predicted octanol–water partition coefficient (Wildman–Crippen LogP) is 3.60. The van der Waals surface area contributed by atoms with E-state index in [4.69, 9.17) is 9.47 Å². The Bertz CT molecular complexity index is 880. The lowest BCUT2D eigenvalue weighted by Crippen LogP contribution is -2.46. The molecule has 0 atom stereocenters. The van der Waals surface area contributed by atoms with E-state index in [1.165, 1.54) is 5.69 Å². The van der Waals surface area contributed by atoms with Gasteiger partial charge in [-0.3, -0.25) is 0 Å². The number of para-hydroxylation sites is 3. The zero-order valence-electron chi connectivity index (χ0n) is 15.3. The Kier molecular flexibility index (Phi) is 5.05. The molecule has 1 fully saturated rings. The Morgan fingerprint density at radius 2 is 1.44 bits per heavy atom. The molecule has 27 heavy (non-hydrogen) atoms. The van der Waals surface area contributed by atoms with Gasteiger partial charge in [0.05, 0.1) is 7.11 Å². The minimum absolute atomic E-state index is 0.509. The molecule has 0 saturated carbocycles. The molecule has 1 aliphatic heterocycles. The second kappa shape index (κ2) is 7.95. The molecule has 0 amide bonds. The van der Waals surface area contributed by atoms with Crippen LogP contribution < -0.4 is 19.3 Å². The lowest BCUT2D eigenvalue weighted by Gasteiger charge is -2.36. The van der Waals surface area contributed by atoms with E-state index in [0.717, 1.165) is 32.0 Å². The summed E-state index contributed by atoms with van der Waals surface area (Å²) < 4.78 is 11.2. The molecule has 1 saturated heterocycles. The normalized spacial score (nSPS) is 14.1. The zero-order chi connectivity index (χ0) is 18.5. The molecule has 0 radical (unpaired) electrons. The number of piperazine rings is 1. The SMILES string of the molecule is COc1ccccc1Oc1cc(N2CCN(c3ccccc3)CC2)ncn1. The molecule has 0 N–H and O–H groups in total. The van der Waals surface area contributed by atoms with Gasteiger partial charge in [0.1, 0.15) is 12.1 Å². The molecule has 0 spiro atoms. The topological polar surface area (TPSA) is 50.7 Å². The minimum Gasteiger partial charge on any atom is -0.493 e. The standard InChI is InChI=1S/C21H22N4O2/c1-26-18-9-5-6-10-19(18)27-21-15-20(22-16-23-21)25-13-11-24(12-14-25)17-7-3-2-4-8-17/h2-10,15-16H,11-14H2,1H3. The van der Waals surface area contributed by atoms with Crippen LogP contribution in [0.25, 0.3) is 0 Å². The lowest BCUT2D eigenvalue weighted by molar-refractivity contribution is 0.374. The predicted molar refractivity (Wildman–Crippen MR) is 106 cm³/mol. The van der Waals surface area contributed by atoms with E-state index in [1.54, 1.807) is 13.4 Å². The summed E-state index contributed by atoms with van der Waals surface area (Å²) in [5.74, 6) is 2.70. The van der Waals surface area contributed by atoms with Crippen LogP contribution in [0.2, 0.25) is 0 Å². The van der Waals surface area contributed by atoms with Gasteiger partial charge in [0.25, 0.3) is 0 Å². The van der Waals surface area contributed by atoms with Crippen LogP contribution in [0, 0.1) is 0 Å². The summed E-state index contributed by atoms with van der Waals surface area (Å²) in [5.41, 5.74) is 1.26. The number of hydrogen-bond donors (Lipinski definition) is 0. The van der Waals surface area contributed by atoms with Gasteiger partial charge < -0.3 is 19.3 Å². The number of hydrogen-bond acceptors (Lipinski definition) is 6.